The van der Waals surface area contributed by atoms with Gasteiger partial charge in [-0.05, 0) is 49.7 Å². The second-order valence-electron chi connectivity index (χ2n) is 5.75. The molecule has 4 nitrogen and oxygen atoms in total. The third-order valence-electron chi connectivity index (χ3n) is 3.86. The first-order valence-electron chi connectivity index (χ1n) is 8.21. The smallest absolute Gasteiger partial charge is 0.281 e. The maximum Gasteiger partial charge on any atom is 0.281 e. The van der Waals surface area contributed by atoms with Gasteiger partial charge in [0.15, 0.2) is 4.80 Å². The molecule has 0 radical (unpaired) electrons. The zero-order valence-corrected chi connectivity index (χ0v) is 16.8. The summed E-state index contributed by atoms with van der Waals surface area (Å²) in [6.45, 7) is 5.81. The fourth-order valence-electron chi connectivity index (χ4n) is 2.59. The normalized spacial score (nSPS) is 12.1. The van der Waals surface area contributed by atoms with Crippen molar-refractivity contribution < 1.29 is 9.53 Å². The summed E-state index contributed by atoms with van der Waals surface area (Å²) in [4.78, 5) is 17.6. The number of carbonyl (C=O) groups excluding carboxylic acids is 1. The monoisotopic (exact) mass is 408 g/mol. The van der Waals surface area contributed by atoms with Crippen LogP contribution in [-0.2, 0) is 11.3 Å². The summed E-state index contributed by atoms with van der Waals surface area (Å²) >= 11 is 13.6. The Labute approximate surface area is 165 Å². The molecule has 0 N–H and O–H groups in total. The number of aromatic nitrogens is 1. The molecule has 0 atom stereocenters. The molecule has 0 saturated carbocycles. The molecule has 2 aromatic carbocycles. The van der Waals surface area contributed by atoms with Crippen LogP contribution in [0.25, 0.3) is 10.2 Å². The van der Waals surface area contributed by atoms with Crippen molar-refractivity contribution in [3.8, 4) is 0 Å². The summed E-state index contributed by atoms with van der Waals surface area (Å²) in [5.41, 5.74) is 2.49. The molecule has 1 heterocycles. The zero-order valence-electron chi connectivity index (χ0n) is 14.5. The van der Waals surface area contributed by atoms with Crippen LogP contribution in [-0.4, -0.2) is 23.7 Å². The van der Waals surface area contributed by atoms with Crippen molar-refractivity contribution in [2.75, 3.05) is 13.2 Å². The van der Waals surface area contributed by atoms with Gasteiger partial charge in [-0.2, -0.15) is 4.99 Å². The molecule has 0 saturated heterocycles. The Kier molecular flexibility index (Phi) is 6.14. The number of fused-ring (bicyclic) bond motifs is 1. The molecule has 0 unspecified atom stereocenters. The summed E-state index contributed by atoms with van der Waals surface area (Å²) in [6, 6.07) is 11.0. The first-order chi connectivity index (χ1) is 12.5. The molecule has 0 aliphatic rings. The number of nitrogens with zero attached hydrogens (tertiary/aromatic N) is 2. The van der Waals surface area contributed by atoms with E-state index in [0.717, 1.165) is 15.8 Å². The van der Waals surface area contributed by atoms with Crippen molar-refractivity contribution in [3.05, 3.63) is 62.4 Å². The Morgan fingerprint density at radius 2 is 2.04 bits per heavy atom. The van der Waals surface area contributed by atoms with Crippen LogP contribution in [0.2, 0.25) is 10.0 Å². The Bertz CT molecular complexity index is 1020. The molecule has 3 aromatic rings. The van der Waals surface area contributed by atoms with Crippen molar-refractivity contribution >= 4 is 50.7 Å². The van der Waals surface area contributed by atoms with E-state index in [4.69, 9.17) is 27.9 Å². The van der Waals surface area contributed by atoms with Crippen LogP contribution >= 0.6 is 34.5 Å². The summed E-state index contributed by atoms with van der Waals surface area (Å²) in [6.07, 6.45) is 0. The predicted octanol–water partition coefficient (Wildman–Crippen LogP) is 5.10. The maximum atomic E-state index is 12.7. The molecule has 0 aliphatic heterocycles. The van der Waals surface area contributed by atoms with Crippen LogP contribution in [0.15, 0.2) is 41.4 Å². The molecule has 0 aliphatic carbocycles. The first kappa shape index (κ1) is 19.1. The van der Waals surface area contributed by atoms with Gasteiger partial charge in [0, 0.05) is 18.2 Å². The fourth-order valence-corrected chi connectivity index (χ4v) is 4.11. The minimum atomic E-state index is -0.411. The topological polar surface area (TPSA) is 43.6 Å². The van der Waals surface area contributed by atoms with E-state index in [2.05, 4.69) is 11.1 Å². The van der Waals surface area contributed by atoms with Crippen molar-refractivity contribution in [2.24, 2.45) is 4.99 Å². The van der Waals surface area contributed by atoms with E-state index < -0.39 is 5.91 Å². The van der Waals surface area contributed by atoms with Gasteiger partial charge >= 0.3 is 0 Å². The van der Waals surface area contributed by atoms with Crippen LogP contribution in [0.3, 0.4) is 0 Å². The lowest BCUT2D eigenvalue weighted by Gasteiger charge is -2.06. The highest BCUT2D eigenvalue weighted by Crippen LogP contribution is 2.22. The molecular formula is C19H18Cl2N2O2S. The molecule has 0 bridgehead atoms. The number of benzene rings is 2. The standard InChI is InChI=1S/C19H18Cl2N2O2S/c1-3-25-9-8-23-16-7-4-12(2)10-17(16)26-19(23)22-18(24)14-11-13(20)5-6-15(14)21/h4-7,10-11H,3,8-9H2,1-2H3. The van der Waals surface area contributed by atoms with Gasteiger partial charge in [0.2, 0.25) is 0 Å². The quantitative estimate of drug-likeness (QED) is 0.551. The lowest BCUT2D eigenvalue weighted by Crippen LogP contribution is -2.19. The molecule has 26 heavy (non-hydrogen) atoms. The van der Waals surface area contributed by atoms with Crippen LogP contribution in [0.4, 0.5) is 0 Å². The molecule has 0 spiro atoms. The highest BCUT2D eigenvalue weighted by molar-refractivity contribution is 7.16. The van der Waals surface area contributed by atoms with E-state index in [1.807, 2.05) is 30.5 Å². The SMILES string of the molecule is CCOCCn1c(=NC(=O)c2cc(Cl)ccc2Cl)sc2cc(C)ccc21. The Morgan fingerprint density at radius 3 is 2.81 bits per heavy atom. The molecular weight excluding hydrogens is 391 g/mol. The number of hydrogen-bond acceptors (Lipinski definition) is 3. The Hall–Kier alpha value is -1.66. The van der Waals surface area contributed by atoms with Crippen molar-refractivity contribution in [1.82, 2.24) is 4.57 Å². The zero-order chi connectivity index (χ0) is 18.7. The van der Waals surface area contributed by atoms with Gasteiger partial charge in [-0.25, -0.2) is 0 Å². The number of aryl methyl sites for hydroxylation is 1. The van der Waals surface area contributed by atoms with Crippen molar-refractivity contribution in [1.29, 1.82) is 0 Å². The van der Waals surface area contributed by atoms with Crippen molar-refractivity contribution in [3.63, 3.8) is 0 Å². The minimum Gasteiger partial charge on any atom is -0.380 e. The number of hydrogen-bond donors (Lipinski definition) is 0. The number of rotatable bonds is 5. The summed E-state index contributed by atoms with van der Waals surface area (Å²) < 4.78 is 8.56. The number of ether oxygens (including phenoxy) is 1. The van der Waals surface area contributed by atoms with Crippen LogP contribution < -0.4 is 4.80 Å². The van der Waals surface area contributed by atoms with Gasteiger partial charge in [-0.15, -0.1) is 0 Å². The van der Waals surface area contributed by atoms with Gasteiger partial charge < -0.3 is 9.30 Å². The summed E-state index contributed by atoms with van der Waals surface area (Å²) in [5.74, 6) is -0.411. The average Bonchev–Trinajstić information content (AvgIpc) is 2.93. The molecule has 1 aromatic heterocycles. The second kappa shape index (κ2) is 8.35. The van der Waals surface area contributed by atoms with E-state index in [-0.39, 0.29) is 0 Å². The Morgan fingerprint density at radius 1 is 1.23 bits per heavy atom. The van der Waals surface area contributed by atoms with Gasteiger partial charge in [0.25, 0.3) is 5.91 Å². The highest BCUT2D eigenvalue weighted by atomic mass is 35.5. The van der Waals surface area contributed by atoms with Crippen LogP contribution in [0.1, 0.15) is 22.8 Å². The molecule has 0 fully saturated rings. The predicted molar refractivity (Wildman–Crippen MR) is 107 cm³/mol. The third kappa shape index (κ3) is 4.18. The second-order valence-corrected chi connectivity index (χ2v) is 7.60. The average molecular weight is 409 g/mol. The Balaban J connectivity index is 2.09. The van der Waals surface area contributed by atoms with E-state index in [1.54, 1.807) is 12.1 Å². The number of amides is 1. The lowest BCUT2D eigenvalue weighted by molar-refractivity contribution is 0.0997. The number of halogens is 2. The van der Waals surface area contributed by atoms with Gasteiger partial charge in [0.1, 0.15) is 0 Å². The van der Waals surface area contributed by atoms with Crippen LogP contribution in [0, 0.1) is 6.92 Å². The van der Waals surface area contributed by atoms with Crippen molar-refractivity contribution in [2.45, 2.75) is 20.4 Å². The molecule has 136 valence electrons. The summed E-state index contributed by atoms with van der Waals surface area (Å²) in [7, 11) is 0. The molecule has 7 heteroatoms. The highest BCUT2D eigenvalue weighted by Gasteiger charge is 2.13. The molecule has 3 rings (SSSR count). The van der Waals surface area contributed by atoms with Gasteiger partial charge in [0.05, 0.1) is 27.4 Å². The van der Waals surface area contributed by atoms with Crippen LogP contribution in [0.5, 0.6) is 0 Å². The largest absolute Gasteiger partial charge is 0.380 e. The number of carbonyl (C=O) groups is 1. The fraction of sp³-hybridized carbons (Fsp3) is 0.263. The third-order valence-corrected chi connectivity index (χ3v) is 5.46. The maximum absolute atomic E-state index is 12.7. The lowest BCUT2D eigenvalue weighted by atomic mass is 10.2. The van der Waals surface area contributed by atoms with E-state index in [0.29, 0.717) is 40.2 Å². The van der Waals surface area contributed by atoms with E-state index in [9.17, 15) is 4.79 Å². The first-order valence-corrected chi connectivity index (χ1v) is 9.78. The minimum absolute atomic E-state index is 0.296. The summed E-state index contributed by atoms with van der Waals surface area (Å²) in [5, 5.41) is 0.783. The van der Waals surface area contributed by atoms with Gasteiger partial charge in [-0.1, -0.05) is 40.6 Å². The van der Waals surface area contributed by atoms with Gasteiger partial charge in [-0.3, -0.25) is 4.79 Å². The number of thiazole rings is 1. The van der Waals surface area contributed by atoms with E-state index in [1.165, 1.54) is 17.4 Å². The van der Waals surface area contributed by atoms with E-state index >= 15 is 0 Å². The molecule has 1 amide bonds.